The van der Waals surface area contributed by atoms with Crippen LogP contribution in [0.15, 0.2) is 24.5 Å². The van der Waals surface area contributed by atoms with E-state index in [9.17, 15) is 9.18 Å². The summed E-state index contributed by atoms with van der Waals surface area (Å²) in [6, 6.07) is 3.47. The van der Waals surface area contributed by atoms with Crippen LogP contribution in [0, 0.1) is 11.7 Å². The Hall–Kier alpha value is -2.44. The van der Waals surface area contributed by atoms with Gasteiger partial charge in [-0.3, -0.25) is 14.9 Å². The number of piperidine rings is 1. The maximum atomic E-state index is 13.4. The number of amides is 1. The lowest BCUT2D eigenvalue weighted by Gasteiger charge is -2.31. The van der Waals surface area contributed by atoms with Crippen molar-refractivity contribution in [3.63, 3.8) is 0 Å². The van der Waals surface area contributed by atoms with Gasteiger partial charge in [0.25, 0.3) is 0 Å². The van der Waals surface area contributed by atoms with E-state index in [1.807, 2.05) is 4.90 Å². The molecule has 0 unspecified atom stereocenters. The number of halogens is 1. The number of nitrogens with zero attached hydrogens (tertiary/aromatic N) is 3. The van der Waals surface area contributed by atoms with Crippen LogP contribution >= 0.6 is 0 Å². The summed E-state index contributed by atoms with van der Waals surface area (Å²) < 4.78 is 19.2. The number of nitrogens with one attached hydrogen (secondary N) is 1. The Balaban J connectivity index is 1.52. The number of carbonyl (C=O) groups is 1. The van der Waals surface area contributed by atoms with Crippen molar-refractivity contribution in [3.8, 4) is 17.1 Å². The van der Waals surface area contributed by atoms with Crippen LogP contribution in [0.4, 0.5) is 4.39 Å². The molecule has 6 nitrogen and oxygen atoms in total. The fraction of sp³-hybridized carbons (Fsp3) is 0.438. The third-order valence-electron chi connectivity index (χ3n) is 4.13. The second kappa shape index (κ2) is 6.76. The van der Waals surface area contributed by atoms with Crippen molar-refractivity contribution in [1.82, 2.24) is 20.1 Å². The summed E-state index contributed by atoms with van der Waals surface area (Å²) in [7, 11) is 0. The van der Waals surface area contributed by atoms with Crippen molar-refractivity contribution < 1.29 is 13.9 Å². The van der Waals surface area contributed by atoms with Crippen LogP contribution in [-0.4, -0.2) is 45.7 Å². The Morgan fingerprint density at radius 3 is 2.74 bits per heavy atom. The topological polar surface area (TPSA) is 71.1 Å². The molecule has 0 aliphatic carbocycles. The molecule has 1 aliphatic rings. The predicted octanol–water partition coefficient (Wildman–Crippen LogP) is 2.25. The number of pyridine rings is 1. The van der Waals surface area contributed by atoms with Crippen LogP contribution in [-0.2, 0) is 4.79 Å². The molecule has 1 saturated heterocycles. The number of carbonyl (C=O) groups excluding carboxylic acids is 1. The first-order valence-electron chi connectivity index (χ1n) is 7.67. The van der Waals surface area contributed by atoms with E-state index in [1.165, 1.54) is 0 Å². The van der Waals surface area contributed by atoms with Gasteiger partial charge in [-0.05, 0) is 30.9 Å². The second-order valence-electron chi connectivity index (χ2n) is 5.73. The maximum Gasteiger partial charge on any atom is 0.219 e. The van der Waals surface area contributed by atoms with Gasteiger partial charge in [0.05, 0.1) is 24.7 Å². The van der Waals surface area contributed by atoms with E-state index in [2.05, 4.69) is 15.2 Å². The number of H-pyrrole nitrogens is 1. The molecule has 0 bridgehead atoms. The van der Waals surface area contributed by atoms with Crippen LogP contribution in [0.2, 0.25) is 0 Å². The van der Waals surface area contributed by atoms with Crippen molar-refractivity contribution in [1.29, 1.82) is 0 Å². The highest BCUT2D eigenvalue weighted by Gasteiger charge is 2.21. The molecule has 2 aromatic rings. The summed E-state index contributed by atoms with van der Waals surface area (Å²) in [5, 5.41) is 6.21. The van der Waals surface area contributed by atoms with Crippen molar-refractivity contribution in [2.45, 2.75) is 19.8 Å². The highest BCUT2D eigenvalue weighted by Crippen LogP contribution is 2.22. The lowest BCUT2D eigenvalue weighted by molar-refractivity contribution is -0.130. The highest BCUT2D eigenvalue weighted by atomic mass is 19.1. The van der Waals surface area contributed by atoms with Gasteiger partial charge in [0.1, 0.15) is 11.4 Å². The molecule has 0 radical (unpaired) electrons. The minimum absolute atomic E-state index is 0.134. The summed E-state index contributed by atoms with van der Waals surface area (Å²) >= 11 is 0. The molecular formula is C16H19FN4O2. The number of aromatic nitrogens is 3. The highest BCUT2D eigenvalue weighted by molar-refractivity contribution is 5.73. The summed E-state index contributed by atoms with van der Waals surface area (Å²) in [5.74, 6) is 0.802. The SMILES string of the molecule is CC(=O)N1CCC(COc2ccc(-c3[nH]ncc3F)nc2)CC1. The molecule has 0 saturated carbocycles. The normalized spacial score (nSPS) is 15.7. The van der Waals surface area contributed by atoms with Gasteiger partial charge in [-0.15, -0.1) is 0 Å². The molecule has 1 fully saturated rings. The van der Waals surface area contributed by atoms with Gasteiger partial charge in [0.15, 0.2) is 5.82 Å². The van der Waals surface area contributed by atoms with Crippen LogP contribution < -0.4 is 4.74 Å². The smallest absolute Gasteiger partial charge is 0.219 e. The molecule has 7 heteroatoms. The molecule has 122 valence electrons. The summed E-state index contributed by atoms with van der Waals surface area (Å²) in [5.41, 5.74) is 0.760. The van der Waals surface area contributed by atoms with Gasteiger partial charge >= 0.3 is 0 Å². The lowest BCUT2D eigenvalue weighted by Crippen LogP contribution is -2.38. The van der Waals surface area contributed by atoms with Crippen molar-refractivity contribution >= 4 is 5.91 Å². The van der Waals surface area contributed by atoms with Crippen LogP contribution in [0.3, 0.4) is 0 Å². The van der Waals surface area contributed by atoms with Crippen molar-refractivity contribution in [2.75, 3.05) is 19.7 Å². The van der Waals surface area contributed by atoms with Crippen LogP contribution in [0.25, 0.3) is 11.4 Å². The molecule has 1 N–H and O–H groups in total. The summed E-state index contributed by atoms with van der Waals surface area (Å²) in [6.07, 6.45) is 4.60. The van der Waals surface area contributed by atoms with Gasteiger partial charge < -0.3 is 9.64 Å². The molecule has 3 rings (SSSR count). The molecule has 1 aliphatic heterocycles. The number of aromatic amines is 1. The van der Waals surface area contributed by atoms with E-state index in [0.29, 0.717) is 24.0 Å². The average Bonchev–Trinajstić information content (AvgIpc) is 3.00. The molecule has 3 heterocycles. The van der Waals surface area contributed by atoms with E-state index in [4.69, 9.17) is 4.74 Å². The van der Waals surface area contributed by atoms with Crippen molar-refractivity contribution in [3.05, 3.63) is 30.3 Å². The molecule has 23 heavy (non-hydrogen) atoms. The Kier molecular flexibility index (Phi) is 4.55. The molecule has 0 spiro atoms. The molecular weight excluding hydrogens is 299 g/mol. The minimum atomic E-state index is -0.427. The first-order valence-corrected chi connectivity index (χ1v) is 7.67. The van der Waals surface area contributed by atoms with E-state index in [0.717, 1.165) is 32.1 Å². The number of hydrogen-bond donors (Lipinski definition) is 1. The maximum absolute atomic E-state index is 13.4. The monoisotopic (exact) mass is 318 g/mol. The molecule has 2 aromatic heterocycles. The largest absolute Gasteiger partial charge is 0.492 e. The van der Waals surface area contributed by atoms with Gasteiger partial charge in [-0.2, -0.15) is 5.10 Å². The minimum Gasteiger partial charge on any atom is -0.492 e. The molecule has 0 atom stereocenters. The third kappa shape index (κ3) is 3.67. The second-order valence-corrected chi connectivity index (χ2v) is 5.73. The third-order valence-corrected chi connectivity index (χ3v) is 4.13. The van der Waals surface area contributed by atoms with Crippen LogP contribution in [0.1, 0.15) is 19.8 Å². The van der Waals surface area contributed by atoms with Gasteiger partial charge in [-0.1, -0.05) is 0 Å². The Bertz CT molecular complexity index is 663. The van der Waals surface area contributed by atoms with E-state index < -0.39 is 5.82 Å². The Morgan fingerprint density at radius 1 is 1.39 bits per heavy atom. The van der Waals surface area contributed by atoms with Gasteiger partial charge in [0.2, 0.25) is 5.91 Å². The first kappa shape index (κ1) is 15.5. The average molecular weight is 318 g/mol. The van der Waals surface area contributed by atoms with E-state index >= 15 is 0 Å². The van der Waals surface area contributed by atoms with E-state index in [1.54, 1.807) is 25.3 Å². The number of ether oxygens (including phenoxy) is 1. The molecule has 0 aromatic carbocycles. The fourth-order valence-corrected chi connectivity index (χ4v) is 2.69. The van der Waals surface area contributed by atoms with E-state index in [-0.39, 0.29) is 11.6 Å². The van der Waals surface area contributed by atoms with Crippen molar-refractivity contribution in [2.24, 2.45) is 5.92 Å². The quantitative estimate of drug-likeness (QED) is 0.938. The predicted molar refractivity (Wildman–Crippen MR) is 82.2 cm³/mol. The first-order chi connectivity index (χ1) is 11.1. The Morgan fingerprint density at radius 2 is 2.17 bits per heavy atom. The number of likely N-dealkylation sites (tertiary alicyclic amines) is 1. The van der Waals surface area contributed by atoms with Crippen LogP contribution in [0.5, 0.6) is 5.75 Å². The summed E-state index contributed by atoms with van der Waals surface area (Å²) in [6.45, 7) is 3.79. The standard InChI is InChI=1S/C16H19FN4O2/c1-11(22)21-6-4-12(5-7-21)10-23-13-2-3-15(18-8-13)16-14(17)9-19-20-16/h2-3,8-9,12H,4-7,10H2,1H3,(H,19,20). The summed E-state index contributed by atoms with van der Waals surface area (Å²) in [4.78, 5) is 17.3. The zero-order valence-corrected chi connectivity index (χ0v) is 13.0. The fourth-order valence-electron chi connectivity index (χ4n) is 2.69. The zero-order valence-electron chi connectivity index (χ0n) is 13.0. The lowest BCUT2D eigenvalue weighted by atomic mass is 9.98. The van der Waals surface area contributed by atoms with Gasteiger partial charge in [-0.25, -0.2) is 4.39 Å². The Labute approximate surface area is 133 Å². The number of rotatable bonds is 4. The zero-order chi connectivity index (χ0) is 16.2. The molecule has 1 amide bonds. The van der Waals surface area contributed by atoms with Gasteiger partial charge in [0, 0.05) is 20.0 Å². The number of hydrogen-bond acceptors (Lipinski definition) is 4.